The van der Waals surface area contributed by atoms with Gasteiger partial charge in [-0.1, -0.05) is 6.42 Å². The summed E-state index contributed by atoms with van der Waals surface area (Å²) in [6, 6.07) is 8.69. The molecule has 2 fully saturated rings. The van der Waals surface area contributed by atoms with Crippen molar-refractivity contribution >= 4 is 11.8 Å². The van der Waals surface area contributed by atoms with E-state index < -0.39 is 0 Å². The number of nitrogens with one attached hydrogen (secondary N) is 2. The zero-order chi connectivity index (χ0) is 17.9. The van der Waals surface area contributed by atoms with Crippen LogP contribution in [0.15, 0.2) is 24.3 Å². The molecule has 138 valence electrons. The van der Waals surface area contributed by atoms with Crippen LogP contribution in [0.2, 0.25) is 0 Å². The number of benzene rings is 1. The predicted molar refractivity (Wildman–Crippen MR) is 104 cm³/mol. The van der Waals surface area contributed by atoms with Gasteiger partial charge in [-0.05, 0) is 68.8 Å². The lowest BCUT2D eigenvalue weighted by atomic mass is 9.96. The second kappa shape index (κ2) is 7.50. The lowest BCUT2D eigenvalue weighted by Crippen LogP contribution is -2.34. The van der Waals surface area contributed by atoms with Gasteiger partial charge in [-0.15, -0.1) is 0 Å². The van der Waals surface area contributed by atoms with E-state index in [1.165, 1.54) is 32.1 Å². The van der Waals surface area contributed by atoms with Gasteiger partial charge in [0, 0.05) is 23.7 Å². The zero-order valence-corrected chi connectivity index (χ0v) is 15.0. The van der Waals surface area contributed by atoms with E-state index in [-0.39, 0.29) is 11.7 Å². The van der Waals surface area contributed by atoms with Crippen molar-refractivity contribution in [3.05, 3.63) is 29.8 Å². The summed E-state index contributed by atoms with van der Waals surface area (Å²) in [6.07, 6.45) is 8.19. The SMILES string of the molecule is Nc1nc(NC2CC2)cc(-c2cc(O)cc(CC[C@H]3CCCCN3)c2)n1. The molecule has 6 nitrogen and oxygen atoms in total. The van der Waals surface area contributed by atoms with Crippen LogP contribution < -0.4 is 16.4 Å². The number of aromatic hydroxyl groups is 1. The number of aromatic nitrogens is 2. The number of phenols is 1. The smallest absolute Gasteiger partial charge is 0.222 e. The first kappa shape index (κ1) is 17.1. The fraction of sp³-hybridized carbons (Fsp3) is 0.500. The van der Waals surface area contributed by atoms with Crippen LogP contribution in [0.4, 0.5) is 11.8 Å². The fourth-order valence-electron chi connectivity index (χ4n) is 3.60. The average molecular weight is 353 g/mol. The van der Waals surface area contributed by atoms with Gasteiger partial charge in [0.05, 0.1) is 5.69 Å². The summed E-state index contributed by atoms with van der Waals surface area (Å²) in [5.74, 6) is 1.27. The molecule has 26 heavy (non-hydrogen) atoms. The van der Waals surface area contributed by atoms with E-state index in [1.807, 2.05) is 12.1 Å². The summed E-state index contributed by atoms with van der Waals surface area (Å²) in [5, 5.41) is 17.1. The number of nitrogens with zero attached hydrogens (tertiary/aromatic N) is 2. The molecule has 2 aromatic rings. The topological polar surface area (TPSA) is 96.1 Å². The van der Waals surface area contributed by atoms with Gasteiger partial charge < -0.3 is 21.5 Å². The Kier molecular flexibility index (Phi) is 4.93. The van der Waals surface area contributed by atoms with Crippen molar-refractivity contribution in [3.63, 3.8) is 0 Å². The monoisotopic (exact) mass is 353 g/mol. The molecular formula is C20H27N5O. The van der Waals surface area contributed by atoms with Gasteiger partial charge in [-0.3, -0.25) is 0 Å². The Labute approximate surface area is 154 Å². The molecule has 0 unspecified atom stereocenters. The number of nitrogen functional groups attached to an aromatic ring is 1. The van der Waals surface area contributed by atoms with Crippen LogP contribution in [0.5, 0.6) is 5.75 Å². The van der Waals surface area contributed by atoms with E-state index in [4.69, 9.17) is 5.73 Å². The minimum absolute atomic E-state index is 0.252. The van der Waals surface area contributed by atoms with Gasteiger partial charge in [0.2, 0.25) is 5.95 Å². The van der Waals surface area contributed by atoms with E-state index in [0.29, 0.717) is 12.1 Å². The van der Waals surface area contributed by atoms with Crippen molar-refractivity contribution in [2.75, 3.05) is 17.6 Å². The number of phenolic OH excluding ortho intramolecular Hbond substituents is 1. The standard InChI is InChI=1S/C20H27N5O/c21-20-24-18(12-19(25-20)23-16-6-7-16)14-9-13(10-17(26)11-14)4-5-15-3-1-2-8-22-15/h9-12,15-16,22,26H,1-8H2,(H3,21,23,24,25)/t15-/m1/s1. The quantitative estimate of drug-likeness (QED) is 0.637. The lowest BCUT2D eigenvalue weighted by Gasteiger charge is -2.23. The number of rotatable bonds is 6. The molecule has 1 aliphatic carbocycles. The highest BCUT2D eigenvalue weighted by molar-refractivity contribution is 5.66. The summed E-state index contributed by atoms with van der Waals surface area (Å²) in [4.78, 5) is 8.63. The molecule has 0 bridgehead atoms. The first-order valence-electron chi connectivity index (χ1n) is 9.63. The van der Waals surface area contributed by atoms with Crippen molar-refractivity contribution in [1.29, 1.82) is 0 Å². The van der Waals surface area contributed by atoms with Crippen LogP contribution in [0, 0.1) is 0 Å². The van der Waals surface area contributed by atoms with Crippen molar-refractivity contribution in [1.82, 2.24) is 15.3 Å². The van der Waals surface area contributed by atoms with Gasteiger partial charge in [-0.2, -0.15) is 4.98 Å². The van der Waals surface area contributed by atoms with Gasteiger partial charge >= 0.3 is 0 Å². The van der Waals surface area contributed by atoms with E-state index in [1.54, 1.807) is 6.07 Å². The Morgan fingerprint density at radius 1 is 1.12 bits per heavy atom. The summed E-state index contributed by atoms with van der Waals surface area (Å²) in [5.41, 5.74) is 8.64. The molecule has 1 atom stereocenters. The van der Waals surface area contributed by atoms with Crippen LogP contribution in [-0.2, 0) is 6.42 Å². The Morgan fingerprint density at radius 3 is 2.77 bits per heavy atom. The maximum atomic E-state index is 10.2. The number of hydrogen-bond donors (Lipinski definition) is 4. The number of nitrogens with two attached hydrogens (primary N) is 1. The van der Waals surface area contributed by atoms with Crippen LogP contribution in [0.1, 0.15) is 44.1 Å². The van der Waals surface area contributed by atoms with E-state index in [2.05, 4.69) is 26.7 Å². The molecule has 2 aliphatic rings. The maximum absolute atomic E-state index is 10.2. The molecule has 1 saturated heterocycles. The highest BCUT2D eigenvalue weighted by atomic mass is 16.3. The summed E-state index contributed by atoms with van der Waals surface area (Å²) in [6.45, 7) is 1.12. The Morgan fingerprint density at radius 2 is 2.00 bits per heavy atom. The molecule has 0 amide bonds. The molecule has 1 aliphatic heterocycles. The third kappa shape index (κ3) is 4.43. The molecule has 5 N–H and O–H groups in total. The van der Waals surface area contributed by atoms with Gasteiger partial charge in [0.15, 0.2) is 0 Å². The Bertz CT molecular complexity index is 769. The van der Waals surface area contributed by atoms with Crippen LogP contribution >= 0.6 is 0 Å². The predicted octanol–water partition coefficient (Wildman–Crippen LogP) is 3.08. The summed E-state index contributed by atoms with van der Waals surface area (Å²) >= 11 is 0. The first-order valence-corrected chi connectivity index (χ1v) is 9.63. The van der Waals surface area contributed by atoms with Crippen LogP contribution in [-0.4, -0.2) is 33.7 Å². The van der Waals surface area contributed by atoms with Crippen molar-refractivity contribution in [3.8, 4) is 17.0 Å². The summed E-state index contributed by atoms with van der Waals surface area (Å²) in [7, 11) is 0. The van der Waals surface area contributed by atoms with E-state index in [0.717, 1.165) is 42.0 Å². The van der Waals surface area contributed by atoms with Crippen molar-refractivity contribution in [2.24, 2.45) is 0 Å². The number of piperidine rings is 1. The number of hydrogen-bond acceptors (Lipinski definition) is 6. The molecule has 0 spiro atoms. The van der Waals surface area contributed by atoms with Gasteiger partial charge in [0.25, 0.3) is 0 Å². The normalized spacial score (nSPS) is 20.1. The number of aryl methyl sites for hydroxylation is 1. The zero-order valence-electron chi connectivity index (χ0n) is 15.0. The first-order chi connectivity index (χ1) is 12.7. The second-order valence-electron chi connectivity index (χ2n) is 7.49. The third-order valence-electron chi connectivity index (χ3n) is 5.14. The van der Waals surface area contributed by atoms with E-state index >= 15 is 0 Å². The van der Waals surface area contributed by atoms with Crippen LogP contribution in [0.25, 0.3) is 11.3 Å². The number of anilines is 2. The van der Waals surface area contributed by atoms with Gasteiger partial charge in [0.1, 0.15) is 11.6 Å². The molecule has 1 aromatic heterocycles. The van der Waals surface area contributed by atoms with Crippen molar-refractivity contribution < 1.29 is 5.11 Å². The maximum Gasteiger partial charge on any atom is 0.222 e. The minimum Gasteiger partial charge on any atom is -0.508 e. The Hall–Kier alpha value is -2.34. The summed E-state index contributed by atoms with van der Waals surface area (Å²) < 4.78 is 0. The molecule has 2 heterocycles. The lowest BCUT2D eigenvalue weighted by molar-refractivity contribution is 0.382. The van der Waals surface area contributed by atoms with E-state index in [9.17, 15) is 5.11 Å². The highest BCUT2D eigenvalue weighted by Crippen LogP contribution is 2.29. The molecule has 1 aromatic carbocycles. The van der Waals surface area contributed by atoms with Crippen molar-refractivity contribution in [2.45, 2.75) is 57.0 Å². The molecule has 4 rings (SSSR count). The largest absolute Gasteiger partial charge is 0.508 e. The molecular weight excluding hydrogens is 326 g/mol. The fourth-order valence-corrected chi connectivity index (χ4v) is 3.60. The molecule has 0 radical (unpaired) electrons. The highest BCUT2D eigenvalue weighted by Gasteiger charge is 2.22. The Balaban J connectivity index is 1.52. The van der Waals surface area contributed by atoms with Crippen LogP contribution in [0.3, 0.4) is 0 Å². The molecule has 1 saturated carbocycles. The second-order valence-corrected chi connectivity index (χ2v) is 7.49. The average Bonchev–Trinajstić information content (AvgIpc) is 3.44. The molecule has 6 heteroatoms. The third-order valence-corrected chi connectivity index (χ3v) is 5.14. The van der Waals surface area contributed by atoms with Gasteiger partial charge in [-0.25, -0.2) is 4.98 Å². The minimum atomic E-state index is 0.252.